The molecule has 2 rings (SSSR count). The summed E-state index contributed by atoms with van der Waals surface area (Å²) in [5.41, 5.74) is 2.00. The first-order chi connectivity index (χ1) is 7.27. The number of fused-ring (bicyclic) bond motifs is 1. The molecule has 15 heavy (non-hydrogen) atoms. The van der Waals surface area contributed by atoms with Crippen molar-refractivity contribution >= 4 is 16.8 Å². The molecule has 0 radical (unpaired) electrons. The van der Waals surface area contributed by atoms with Gasteiger partial charge in [-0.1, -0.05) is 24.3 Å². The van der Waals surface area contributed by atoms with Crippen LogP contribution < -0.4 is 5.32 Å². The molecule has 3 heteroatoms. The molecule has 0 atom stereocenters. The Morgan fingerprint density at radius 3 is 2.93 bits per heavy atom. The first kappa shape index (κ1) is 9.65. The summed E-state index contributed by atoms with van der Waals surface area (Å²) >= 11 is 0. The number of nitrogens with one attached hydrogen (secondary N) is 1. The van der Waals surface area contributed by atoms with Crippen LogP contribution in [-0.4, -0.2) is 10.9 Å². The zero-order valence-corrected chi connectivity index (χ0v) is 8.53. The quantitative estimate of drug-likeness (QED) is 0.804. The van der Waals surface area contributed by atoms with Crippen molar-refractivity contribution in [3.8, 4) is 0 Å². The zero-order valence-electron chi connectivity index (χ0n) is 8.53. The lowest BCUT2D eigenvalue weighted by Crippen LogP contribution is -2.19. The first-order valence-corrected chi connectivity index (χ1v) is 4.84. The lowest BCUT2D eigenvalue weighted by atomic mass is 10.1. The Balaban J connectivity index is 2.38. The van der Waals surface area contributed by atoms with Crippen LogP contribution in [0.1, 0.15) is 12.5 Å². The van der Waals surface area contributed by atoms with Gasteiger partial charge in [-0.3, -0.25) is 9.78 Å². The summed E-state index contributed by atoms with van der Waals surface area (Å²) in [6.07, 6.45) is 1.76. The largest absolute Gasteiger partial charge is 0.352 e. The molecule has 1 heterocycles. The van der Waals surface area contributed by atoms with Crippen molar-refractivity contribution in [2.24, 2.45) is 0 Å². The van der Waals surface area contributed by atoms with Crippen LogP contribution in [-0.2, 0) is 11.3 Å². The average molecular weight is 200 g/mol. The third-order valence-electron chi connectivity index (χ3n) is 2.24. The second kappa shape index (κ2) is 4.09. The Hall–Kier alpha value is -1.90. The molecule has 0 fully saturated rings. The van der Waals surface area contributed by atoms with E-state index >= 15 is 0 Å². The van der Waals surface area contributed by atoms with Crippen molar-refractivity contribution in [3.63, 3.8) is 0 Å². The van der Waals surface area contributed by atoms with Crippen molar-refractivity contribution < 1.29 is 4.79 Å². The van der Waals surface area contributed by atoms with E-state index in [0.29, 0.717) is 6.54 Å². The third kappa shape index (κ3) is 2.13. The third-order valence-corrected chi connectivity index (χ3v) is 2.24. The highest BCUT2D eigenvalue weighted by Gasteiger charge is 2.01. The fourth-order valence-electron chi connectivity index (χ4n) is 1.53. The topological polar surface area (TPSA) is 42.0 Å². The molecule has 0 saturated heterocycles. The number of amides is 1. The molecule has 0 saturated carbocycles. The van der Waals surface area contributed by atoms with Crippen LogP contribution in [0.2, 0.25) is 0 Å². The average Bonchev–Trinajstić information content (AvgIpc) is 2.26. The monoisotopic (exact) mass is 200 g/mol. The SMILES string of the molecule is CC(=O)NCc1cccc2cccnc12. The van der Waals surface area contributed by atoms with Crippen LogP contribution in [0.3, 0.4) is 0 Å². The molecule has 0 unspecified atom stereocenters. The van der Waals surface area contributed by atoms with Gasteiger partial charge in [0.15, 0.2) is 0 Å². The van der Waals surface area contributed by atoms with Gasteiger partial charge >= 0.3 is 0 Å². The number of para-hydroxylation sites is 1. The van der Waals surface area contributed by atoms with Gasteiger partial charge in [0, 0.05) is 25.1 Å². The van der Waals surface area contributed by atoms with Crippen LogP contribution in [0.4, 0.5) is 0 Å². The Morgan fingerprint density at radius 2 is 2.13 bits per heavy atom. The van der Waals surface area contributed by atoms with Gasteiger partial charge < -0.3 is 5.32 Å². The molecule has 0 aliphatic carbocycles. The van der Waals surface area contributed by atoms with E-state index in [2.05, 4.69) is 10.3 Å². The van der Waals surface area contributed by atoms with Gasteiger partial charge in [-0.15, -0.1) is 0 Å². The van der Waals surface area contributed by atoms with Crippen LogP contribution >= 0.6 is 0 Å². The maximum Gasteiger partial charge on any atom is 0.217 e. The number of hydrogen-bond donors (Lipinski definition) is 1. The summed E-state index contributed by atoms with van der Waals surface area (Å²) in [4.78, 5) is 15.1. The molecule has 1 amide bonds. The highest BCUT2D eigenvalue weighted by Crippen LogP contribution is 2.15. The highest BCUT2D eigenvalue weighted by atomic mass is 16.1. The Kier molecular flexibility index (Phi) is 2.63. The minimum atomic E-state index is -0.0251. The van der Waals surface area contributed by atoms with E-state index in [1.54, 1.807) is 6.20 Å². The van der Waals surface area contributed by atoms with Gasteiger partial charge in [-0.05, 0) is 11.6 Å². The smallest absolute Gasteiger partial charge is 0.217 e. The predicted octanol–water partition coefficient (Wildman–Crippen LogP) is 1.87. The summed E-state index contributed by atoms with van der Waals surface area (Å²) in [5.74, 6) is -0.0251. The zero-order chi connectivity index (χ0) is 10.7. The minimum Gasteiger partial charge on any atom is -0.352 e. The maximum atomic E-state index is 10.8. The second-order valence-corrected chi connectivity index (χ2v) is 3.40. The van der Waals surface area contributed by atoms with Crippen molar-refractivity contribution in [1.29, 1.82) is 0 Å². The standard InChI is InChI=1S/C12H12N2O/c1-9(15)14-8-11-5-2-4-10-6-3-7-13-12(10)11/h2-7H,8H2,1H3,(H,14,15). The van der Waals surface area contributed by atoms with E-state index in [0.717, 1.165) is 16.5 Å². The summed E-state index contributed by atoms with van der Waals surface area (Å²) in [6, 6.07) is 9.89. The Bertz CT molecular complexity index is 488. The van der Waals surface area contributed by atoms with Crippen LogP contribution in [0.5, 0.6) is 0 Å². The normalized spacial score (nSPS) is 10.2. The maximum absolute atomic E-state index is 10.8. The number of carbonyl (C=O) groups is 1. The van der Waals surface area contributed by atoms with E-state index in [9.17, 15) is 4.79 Å². The van der Waals surface area contributed by atoms with E-state index in [-0.39, 0.29) is 5.91 Å². The molecule has 0 aliphatic rings. The van der Waals surface area contributed by atoms with Crippen LogP contribution in [0.25, 0.3) is 10.9 Å². The van der Waals surface area contributed by atoms with Crippen molar-refractivity contribution in [2.45, 2.75) is 13.5 Å². The van der Waals surface area contributed by atoms with Gasteiger partial charge in [0.05, 0.1) is 5.52 Å². The molecule has 76 valence electrons. The van der Waals surface area contributed by atoms with E-state index < -0.39 is 0 Å². The number of nitrogens with zero attached hydrogens (tertiary/aromatic N) is 1. The molecular formula is C12H12N2O. The molecule has 1 aromatic heterocycles. The van der Waals surface area contributed by atoms with Crippen molar-refractivity contribution in [3.05, 3.63) is 42.1 Å². The van der Waals surface area contributed by atoms with Gasteiger partial charge in [0.25, 0.3) is 0 Å². The highest BCUT2D eigenvalue weighted by molar-refractivity contribution is 5.82. The molecule has 3 nitrogen and oxygen atoms in total. The lowest BCUT2D eigenvalue weighted by Gasteiger charge is -2.05. The Morgan fingerprint density at radius 1 is 1.33 bits per heavy atom. The molecular weight excluding hydrogens is 188 g/mol. The molecule has 0 spiro atoms. The first-order valence-electron chi connectivity index (χ1n) is 4.84. The summed E-state index contributed by atoms with van der Waals surface area (Å²) in [6.45, 7) is 2.04. The predicted molar refractivity (Wildman–Crippen MR) is 59.3 cm³/mol. The second-order valence-electron chi connectivity index (χ2n) is 3.40. The molecule has 1 aromatic carbocycles. The lowest BCUT2D eigenvalue weighted by molar-refractivity contribution is -0.119. The number of carbonyl (C=O) groups excluding carboxylic acids is 1. The summed E-state index contributed by atoms with van der Waals surface area (Å²) in [7, 11) is 0. The summed E-state index contributed by atoms with van der Waals surface area (Å²) < 4.78 is 0. The number of rotatable bonds is 2. The van der Waals surface area contributed by atoms with Gasteiger partial charge in [0.2, 0.25) is 5.91 Å². The van der Waals surface area contributed by atoms with Crippen molar-refractivity contribution in [1.82, 2.24) is 10.3 Å². The molecule has 0 aliphatic heterocycles. The number of pyridine rings is 1. The molecule has 0 bridgehead atoms. The number of benzene rings is 1. The summed E-state index contributed by atoms with van der Waals surface area (Å²) in [5, 5.41) is 3.87. The van der Waals surface area contributed by atoms with E-state index in [1.165, 1.54) is 6.92 Å². The van der Waals surface area contributed by atoms with Crippen LogP contribution in [0.15, 0.2) is 36.5 Å². The molecule has 2 aromatic rings. The van der Waals surface area contributed by atoms with E-state index in [4.69, 9.17) is 0 Å². The minimum absolute atomic E-state index is 0.0251. The Labute approximate surface area is 88.1 Å². The van der Waals surface area contributed by atoms with Crippen molar-refractivity contribution in [2.75, 3.05) is 0 Å². The fourth-order valence-corrected chi connectivity index (χ4v) is 1.53. The van der Waals surface area contributed by atoms with E-state index in [1.807, 2.05) is 30.3 Å². The van der Waals surface area contributed by atoms with Gasteiger partial charge in [-0.2, -0.15) is 0 Å². The molecule has 1 N–H and O–H groups in total. The van der Waals surface area contributed by atoms with Crippen LogP contribution in [0, 0.1) is 0 Å². The van der Waals surface area contributed by atoms with Gasteiger partial charge in [0.1, 0.15) is 0 Å². The fraction of sp³-hybridized carbons (Fsp3) is 0.167. The van der Waals surface area contributed by atoms with Gasteiger partial charge in [-0.25, -0.2) is 0 Å². The number of hydrogen-bond acceptors (Lipinski definition) is 2. The number of aromatic nitrogens is 1.